The Kier molecular flexibility index (Phi) is 5.16. The van der Waals surface area contributed by atoms with Gasteiger partial charge >= 0.3 is 6.18 Å². The summed E-state index contributed by atoms with van der Waals surface area (Å²) in [5.74, 6) is 0.217. The molecule has 2 aromatic rings. The van der Waals surface area contributed by atoms with E-state index in [2.05, 4.69) is 9.97 Å². The lowest BCUT2D eigenvalue weighted by molar-refractivity contribution is -0.139. The Morgan fingerprint density at radius 2 is 1.92 bits per heavy atom. The Morgan fingerprint density at radius 1 is 1.21 bits per heavy atom. The van der Waals surface area contributed by atoms with Crippen LogP contribution in [0.2, 0.25) is 0 Å². The van der Waals surface area contributed by atoms with Crippen molar-refractivity contribution >= 4 is 11.6 Å². The van der Waals surface area contributed by atoms with Crippen molar-refractivity contribution in [1.82, 2.24) is 9.97 Å². The molecule has 8 heteroatoms. The quantitative estimate of drug-likeness (QED) is 0.821. The van der Waals surface area contributed by atoms with Gasteiger partial charge in [-0.3, -0.25) is 0 Å². The number of alkyl halides is 3. The van der Waals surface area contributed by atoms with Gasteiger partial charge in [0.2, 0.25) is 11.8 Å². The molecule has 130 valence electrons. The number of hydrogen-bond acceptors (Lipinski definition) is 5. The number of methoxy groups -OCH3 is 1. The molecule has 0 aliphatic carbocycles. The molecule has 0 radical (unpaired) electrons. The molecule has 0 atom stereocenters. The smallest absolute Gasteiger partial charge is 0.423 e. The molecule has 2 rings (SSSR count). The number of benzene rings is 1. The van der Waals surface area contributed by atoms with E-state index < -0.39 is 23.7 Å². The molecule has 0 amide bonds. The first-order valence-electron chi connectivity index (χ1n) is 7.21. The highest BCUT2D eigenvalue weighted by Crippen LogP contribution is 2.36. The van der Waals surface area contributed by atoms with Gasteiger partial charge in [-0.05, 0) is 26.0 Å². The molecule has 0 N–H and O–H groups in total. The first kappa shape index (κ1) is 17.8. The van der Waals surface area contributed by atoms with E-state index in [0.717, 1.165) is 6.20 Å². The van der Waals surface area contributed by atoms with Crippen molar-refractivity contribution in [3.63, 3.8) is 0 Å². The Balaban J connectivity index is 2.43. The minimum Gasteiger partial charge on any atom is -0.497 e. The lowest BCUT2D eigenvalue weighted by Crippen LogP contribution is -2.19. The second-order valence-electron chi connectivity index (χ2n) is 5.31. The molecule has 0 saturated carbocycles. The van der Waals surface area contributed by atoms with E-state index in [9.17, 15) is 13.2 Å². The third-order valence-corrected chi connectivity index (χ3v) is 3.13. The van der Waals surface area contributed by atoms with Crippen LogP contribution in [0.3, 0.4) is 0 Å². The number of ether oxygens (including phenoxy) is 2. The lowest BCUT2D eigenvalue weighted by Gasteiger charge is -2.20. The predicted molar refractivity (Wildman–Crippen MR) is 83.9 cm³/mol. The Hall–Kier alpha value is -2.51. The normalized spacial score (nSPS) is 11.5. The molecule has 0 bridgehead atoms. The van der Waals surface area contributed by atoms with Crippen LogP contribution >= 0.6 is 0 Å². The summed E-state index contributed by atoms with van der Waals surface area (Å²) < 4.78 is 49.6. The second kappa shape index (κ2) is 6.94. The van der Waals surface area contributed by atoms with Gasteiger partial charge in [0.1, 0.15) is 11.3 Å². The van der Waals surface area contributed by atoms with Gasteiger partial charge in [0.15, 0.2) is 0 Å². The Bertz CT molecular complexity index is 705. The van der Waals surface area contributed by atoms with Crippen molar-refractivity contribution in [2.24, 2.45) is 0 Å². The SMILES string of the molecule is COc1cccc(N(C)c2ncc(C(F)(F)F)c(OC(C)C)n2)c1. The van der Waals surface area contributed by atoms with E-state index in [-0.39, 0.29) is 5.95 Å². The third kappa shape index (κ3) is 4.06. The van der Waals surface area contributed by atoms with E-state index >= 15 is 0 Å². The molecule has 0 spiro atoms. The molecule has 0 saturated heterocycles. The van der Waals surface area contributed by atoms with E-state index in [1.165, 1.54) is 7.11 Å². The van der Waals surface area contributed by atoms with Crippen LogP contribution in [-0.2, 0) is 6.18 Å². The van der Waals surface area contributed by atoms with Gasteiger partial charge in [-0.1, -0.05) is 6.07 Å². The Morgan fingerprint density at radius 3 is 2.50 bits per heavy atom. The number of halogens is 3. The molecule has 0 aliphatic heterocycles. The van der Waals surface area contributed by atoms with E-state index in [4.69, 9.17) is 9.47 Å². The summed E-state index contributed by atoms with van der Waals surface area (Å²) in [4.78, 5) is 9.31. The molecule has 1 aromatic carbocycles. The van der Waals surface area contributed by atoms with Gasteiger partial charge in [0.05, 0.1) is 13.2 Å². The molecular weight excluding hydrogens is 323 g/mol. The van der Waals surface area contributed by atoms with Crippen molar-refractivity contribution in [2.75, 3.05) is 19.1 Å². The van der Waals surface area contributed by atoms with Gasteiger partial charge in [0, 0.05) is 25.0 Å². The van der Waals surface area contributed by atoms with E-state index in [1.54, 1.807) is 50.1 Å². The minimum atomic E-state index is -4.59. The molecule has 0 fully saturated rings. The zero-order chi connectivity index (χ0) is 17.9. The van der Waals surface area contributed by atoms with E-state index in [0.29, 0.717) is 11.4 Å². The summed E-state index contributed by atoms with van der Waals surface area (Å²) >= 11 is 0. The number of nitrogens with zero attached hydrogens (tertiary/aromatic N) is 3. The van der Waals surface area contributed by atoms with Gasteiger partial charge in [-0.25, -0.2) is 4.98 Å². The monoisotopic (exact) mass is 341 g/mol. The van der Waals surface area contributed by atoms with Gasteiger partial charge in [-0.2, -0.15) is 18.2 Å². The Labute approximate surface area is 138 Å². The molecule has 1 heterocycles. The molecular formula is C16H18F3N3O2. The molecule has 5 nitrogen and oxygen atoms in total. The maximum atomic E-state index is 13.1. The van der Waals surface area contributed by atoms with Crippen LogP contribution in [0.1, 0.15) is 19.4 Å². The lowest BCUT2D eigenvalue weighted by atomic mass is 10.3. The second-order valence-corrected chi connectivity index (χ2v) is 5.31. The summed E-state index contributed by atoms with van der Waals surface area (Å²) in [6.45, 7) is 3.27. The molecule has 1 aromatic heterocycles. The number of anilines is 2. The fourth-order valence-corrected chi connectivity index (χ4v) is 1.96. The topological polar surface area (TPSA) is 47.5 Å². The zero-order valence-electron chi connectivity index (χ0n) is 13.8. The van der Waals surface area contributed by atoms with Crippen LogP contribution in [0.5, 0.6) is 11.6 Å². The average Bonchev–Trinajstić information content (AvgIpc) is 2.52. The number of rotatable bonds is 5. The summed E-state index contributed by atoms with van der Waals surface area (Å²) in [6, 6.07) is 7.02. The van der Waals surface area contributed by atoms with Crippen LogP contribution < -0.4 is 14.4 Å². The fourth-order valence-electron chi connectivity index (χ4n) is 1.96. The van der Waals surface area contributed by atoms with Gasteiger partial charge in [-0.15, -0.1) is 0 Å². The third-order valence-electron chi connectivity index (χ3n) is 3.13. The average molecular weight is 341 g/mol. The highest BCUT2D eigenvalue weighted by atomic mass is 19.4. The van der Waals surface area contributed by atoms with Crippen molar-refractivity contribution in [3.8, 4) is 11.6 Å². The summed E-state index contributed by atoms with van der Waals surface area (Å²) in [5.41, 5.74) is -0.330. The molecule has 24 heavy (non-hydrogen) atoms. The van der Waals surface area contributed by atoms with Crippen molar-refractivity contribution in [2.45, 2.75) is 26.1 Å². The summed E-state index contributed by atoms with van der Waals surface area (Å²) in [7, 11) is 3.18. The first-order valence-corrected chi connectivity index (χ1v) is 7.21. The first-order chi connectivity index (χ1) is 11.2. The highest BCUT2D eigenvalue weighted by molar-refractivity contribution is 5.59. The fraction of sp³-hybridized carbons (Fsp3) is 0.375. The van der Waals surface area contributed by atoms with Crippen LogP contribution in [0.4, 0.5) is 24.8 Å². The number of hydrogen-bond donors (Lipinski definition) is 0. The van der Waals surface area contributed by atoms with Gasteiger partial charge < -0.3 is 14.4 Å². The van der Waals surface area contributed by atoms with Crippen LogP contribution in [-0.4, -0.2) is 30.2 Å². The van der Waals surface area contributed by atoms with Crippen molar-refractivity contribution in [1.29, 1.82) is 0 Å². The van der Waals surface area contributed by atoms with E-state index in [1.807, 2.05) is 0 Å². The zero-order valence-corrected chi connectivity index (χ0v) is 13.8. The highest BCUT2D eigenvalue weighted by Gasteiger charge is 2.36. The largest absolute Gasteiger partial charge is 0.497 e. The van der Waals surface area contributed by atoms with Gasteiger partial charge in [0.25, 0.3) is 0 Å². The number of aromatic nitrogens is 2. The summed E-state index contributed by atoms with van der Waals surface area (Å²) in [5, 5.41) is 0. The van der Waals surface area contributed by atoms with Crippen LogP contribution in [0.25, 0.3) is 0 Å². The van der Waals surface area contributed by atoms with Crippen LogP contribution in [0.15, 0.2) is 30.5 Å². The van der Waals surface area contributed by atoms with Crippen molar-refractivity contribution in [3.05, 3.63) is 36.0 Å². The molecule has 0 unspecified atom stereocenters. The summed E-state index contributed by atoms with van der Waals surface area (Å²) in [6.07, 6.45) is -4.30. The predicted octanol–water partition coefficient (Wildman–Crippen LogP) is 4.06. The van der Waals surface area contributed by atoms with Crippen LogP contribution in [0, 0.1) is 0 Å². The maximum Gasteiger partial charge on any atom is 0.423 e. The standard InChI is InChI=1S/C16H18F3N3O2/c1-10(2)24-14-13(16(17,18)19)9-20-15(21-14)22(3)11-6-5-7-12(8-11)23-4/h5-10H,1-4H3. The van der Waals surface area contributed by atoms with Crippen molar-refractivity contribution < 1.29 is 22.6 Å². The molecule has 0 aliphatic rings. The maximum absolute atomic E-state index is 13.1. The minimum absolute atomic E-state index is 0.0897.